The van der Waals surface area contributed by atoms with Gasteiger partial charge in [-0.25, -0.2) is 14.4 Å². The summed E-state index contributed by atoms with van der Waals surface area (Å²) >= 11 is 6.34. The number of carbonyl (C=O) groups is 1. The molecular weight excluding hydrogens is 395 g/mol. The average Bonchev–Trinajstić information content (AvgIpc) is 3.00. The summed E-state index contributed by atoms with van der Waals surface area (Å²) in [4.78, 5) is 23.7. The van der Waals surface area contributed by atoms with Crippen LogP contribution in [-0.2, 0) is 10.2 Å². The Bertz CT molecular complexity index is 1170. The number of hydrogen-bond acceptors (Lipinski definition) is 5. The molecule has 3 aromatic rings. The Morgan fingerprint density at radius 3 is 2.79 bits per heavy atom. The van der Waals surface area contributed by atoms with Gasteiger partial charge in [-0.15, -0.1) is 0 Å². The predicted molar refractivity (Wildman–Crippen MR) is 109 cm³/mol. The van der Waals surface area contributed by atoms with Crippen LogP contribution in [0.3, 0.4) is 0 Å². The van der Waals surface area contributed by atoms with Crippen molar-refractivity contribution in [3.8, 4) is 11.1 Å². The highest BCUT2D eigenvalue weighted by Gasteiger charge is 2.41. The summed E-state index contributed by atoms with van der Waals surface area (Å²) in [5.74, 6) is -0.975. The van der Waals surface area contributed by atoms with Crippen molar-refractivity contribution in [2.24, 2.45) is 0 Å². The van der Waals surface area contributed by atoms with Gasteiger partial charge in [-0.1, -0.05) is 23.7 Å². The fourth-order valence-electron chi connectivity index (χ4n) is 3.38. The van der Waals surface area contributed by atoms with E-state index >= 15 is 0 Å². The maximum Gasteiger partial charge on any atom is 0.322 e. The van der Waals surface area contributed by atoms with E-state index < -0.39 is 11.4 Å². The van der Waals surface area contributed by atoms with Gasteiger partial charge in [0, 0.05) is 22.2 Å². The van der Waals surface area contributed by atoms with Gasteiger partial charge in [-0.2, -0.15) is 0 Å². The van der Waals surface area contributed by atoms with Gasteiger partial charge >= 0.3 is 5.97 Å². The normalized spacial score (nSPS) is 18.4. The monoisotopic (exact) mass is 410 g/mol. The van der Waals surface area contributed by atoms with Gasteiger partial charge in [-0.05, 0) is 42.8 Å². The zero-order chi connectivity index (χ0) is 20.6. The second-order valence-electron chi connectivity index (χ2n) is 6.76. The molecule has 0 spiro atoms. The molecule has 0 bridgehead atoms. The fraction of sp³-hybridized carbons (Fsp3) is 0.143. The van der Waals surface area contributed by atoms with Gasteiger partial charge in [0.25, 0.3) is 0 Å². The molecule has 0 fully saturated rings. The van der Waals surface area contributed by atoms with Crippen molar-refractivity contribution >= 4 is 34.3 Å². The summed E-state index contributed by atoms with van der Waals surface area (Å²) in [7, 11) is 0. The van der Waals surface area contributed by atoms with E-state index in [-0.39, 0.29) is 12.4 Å². The van der Waals surface area contributed by atoms with Crippen molar-refractivity contribution < 1.29 is 14.3 Å². The Hall–Kier alpha value is -3.32. The molecule has 0 amide bonds. The Kier molecular flexibility index (Phi) is 4.76. The molecule has 6 nitrogen and oxygen atoms in total. The van der Waals surface area contributed by atoms with E-state index in [4.69, 9.17) is 16.7 Å². The van der Waals surface area contributed by atoms with Crippen LogP contribution in [-0.4, -0.2) is 32.6 Å². The molecule has 0 saturated carbocycles. The third-order valence-electron chi connectivity index (χ3n) is 4.97. The van der Waals surface area contributed by atoms with Crippen LogP contribution in [0.15, 0.2) is 65.9 Å². The highest BCUT2D eigenvalue weighted by atomic mass is 35.5. The first-order valence-corrected chi connectivity index (χ1v) is 9.19. The molecule has 0 radical (unpaired) electrons. The van der Waals surface area contributed by atoms with Crippen LogP contribution in [0.4, 0.5) is 10.2 Å². The van der Waals surface area contributed by atoms with Crippen molar-refractivity contribution in [2.45, 2.75) is 12.3 Å². The number of anilines is 1. The molecule has 1 atom stereocenters. The number of hydrogen-bond donors (Lipinski definition) is 2. The lowest BCUT2D eigenvalue weighted by atomic mass is 9.82. The van der Waals surface area contributed by atoms with Crippen molar-refractivity contribution in [3.05, 3.63) is 71.6 Å². The summed E-state index contributed by atoms with van der Waals surface area (Å²) in [6.45, 7) is 1.42. The number of rotatable bonds is 5. The molecule has 1 aromatic carbocycles. The lowest BCUT2D eigenvalue weighted by molar-refractivity contribution is -0.134. The predicted octanol–water partition coefficient (Wildman–Crippen LogP) is 4.44. The highest BCUT2D eigenvalue weighted by Crippen LogP contribution is 2.47. The van der Waals surface area contributed by atoms with E-state index in [0.717, 1.165) is 5.56 Å². The minimum absolute atomic E-state index is 0.275. The quantitative estimate of drug-likeness (QED) is 0.646. The van der Waals surface area contributed by atoms with Gasteiger partial charge in [0.2, 0.25) is 0 Å². The van der Waals surface area contributed by atoms with Gasteiger partial charge in [0.15, 0.2) is 0 Å². The van der Waals surface area contributed by atoms with Crippen LogP contribution >= 0.6 is 11.6 Å². The van der Waals surface area contributed by atoms with E-state index in [1.54, 1.807) is 25.3 Å². The second kappa shape index (κ2) is 7.25. The number of fused-ring (bicyclic) bond motifs is 1. The number of benzene rings is 1. The Morgan fingerprint density at radius 1 is 1.24 bits per heavy atom. The van der Waals surface area contributed by atoms with Crippen LogP contribution < -0.4 is 5.32 Å². The third-order valence-corrected chi connectivity index (χ3v) is 5.47. The summed E-state index contributed by atoms with van der Waals surface area (Å²) in [5, 5.41) is 12.7. The number of carboxylic acids is 1. The van der Waals surface area contributed by atoms with E-state index in [9.17, 15) is 9.18 Å². The lowest BCUT2D eigenvalue weighted by Gasteiger charge is -2.26. The molecule has 4 rings (SSSR count). The summed E-state index contributed by atoms with van der Waals surface area (Å²) in [6, 6.07) is 9.10. The number of nitrogens with one attached hydrogen (secondary N) is 1. The molecule has 0 aliphatic heterocycles. The molecule has 1 aliphatic rings. The number of pyridine rings is 1. The number of aromatic nitrogens is 3. The van der Waals surface area contributed by atoms with E-state index in [2.05, 4.69) is 20.3 Å². The third kappa shape index (κ3) is 3.23. The van der Waals surface area contributed by atoms with Crippen LogP contribution in [0.2, 0.25) is 0 Å². The van der Waals surface area contributed by atoms with Crippen molar-refractivity contribution in [2.75, 3.05) is 11.9 Å². The number of nitrogens with zero attached hydrogens (tertiary/aromatic N) is 3. The topological polar surface area (TPSA) is 88.0 Å². The Balaban J connectivity index is 1.87. The molecule has 8 heteroatoms. The van der Waals surface area contributed by atoms with Gasteiger partial charge in [0.05, 0.1) is 16.6 Å². The fourth-order valence-corrected chi connectivity index (χ4v) is 3.62. The van der Waals surface area contributed by atoms with Crippen molar-refractivity contribution in [3.63, 3.8) is 0 Å². The number of carboxylic acid groups (broad SMARTS) is 1. The maximum atomic E-state index is 14.7. The van der Waals surface area contributed by atoms with E-state index in [1.807, 2.05) is 18.2 Å². The largest absolute Gasteiger partial charge is 0.480 e. The van der Waals surface area contributed by atoms with E-state index in [0.29, 0.717) is 33.0 Å². The molecule has 0 saturated heterocycles. The van der Waals surface area contributed by atoms with Gasteiger partial charge in [0.1, 0.15) is 24.5 Å². The zero-order valence-electron chi connectivity index (χ0n) is 15.4. The second-order valence-corrected chi connectivity index (χ2v) is 7.16. The molecule has 2 heterocycles. The van der Waals surface area contributed by atoms with Crippen LogP contribution in [0.25, 0.3) is 22.0 Å². The smallest absolute Gasteiger partial charge is 0.322 e. The van der Waals surface area contributed by atoms with E-state index in [1.165, 1.54) is 18.5 Å². The van der Waals surface area contributed by atoms with Gasteiger partial charge < -0.3 is 10.4 Å². The first kappa shape index (κ1) is 19.0. The number of aliphatic carboxylic acids is 1. The highest BCUT2D eigenvalue weighted by molar-refractivity contribution is 6.31. The lowest BCUT2D eigenvalue weighted by Crippen LogP contribution is -2.23. The average molecular weight is 411 g/mol. The molecule has 1 unspecified atom stereocenters. The zero-order valence-corrected chi connectivity index (χ0v) is 16.1. The minimum atomic E-state index is -1.16. The molecule has 146 valence electrons. The standard InChI is InChI=1S/C21H16ClFN4O2/c1-21(16(22)6-7-17(21)23)19-13(3-2-8-24-19)12-4-5-15-14(9-12)20(27-11-26-15)25-10-18(28)29/h2-9,11H,10H2,1H3,(H,28,29)(H,25,26,27). The minimum Gasteiger partial charge on any atom is -0.480 e. The first-order chi connectivity index (χ1) is 13.9. The van der Waals surface area contributed by atoms with Gasteiger partial charge in [-0.3, -0.25) is 9.78 Å². The van der Waals surface area contributed by atoms with Crippen LogP contribution in [0, 0.1) is 0 Å². The molecule has 29 heavy (non-hydrogen) atoms. The number of halogens is 2. The van der Waals surface area contributed by atoms with Crippen LogP contribution in [0.1, 0.15) is 12.6 Å². The summed E-state index contributed by atoms with van der Waals surface area (Å²) in [5.41, 5.74) is 1.45. The molecule has 1 aliphatic carbocycles. The summed E-state index contributed by atoms with van der Waals surface area (Å²) < 4.78 is 14.7. The number of allylic oxidation sites excluding steroid dienone is 4. The van der Waals surface area contributed by atoms with Crippen molar-refractivity contribution in [1.29, 1.82) is 0 Å². The summed E-state index contributed by atoms with van der Waals surface area (Å²) in [6.07, 6.45) is 5.86. The SMILES string of the molecule is CC1(c2ncccc2-c2ccc3ncnc(NCC(=O)O)c3c2)C(F)=CC=C1Cl. The molecule has 2 aromatic heterocycles. The molecular formula is C21H16ClFN4O2. The Labute approximate surface area is 170 Å². The van der Waals surface area contributed by atoms with Crippen molar-refractivity contribution in [1.82, 2.24) is 15.0 Å². The first-order valence-electron chi connectivity index (χ1n) is 8.81. The maximum absolute atomic E-state index is 14.7. The Morgan fingerprint density at radius 2 is 2.07 bits per heavy atom. The molecule has 2 N–H and O–H groups in total. The van der Waals surface area contributed by atoms with Crippen LogP contribution in [0.5, 0.6) is 0 Å².